The number of likely N-dealkylation sites (tertiary alicyclic amines) is 1. The van der Waals surface area contributed by atoms with E-state index in [-0.39, 0.29) is 36.2 Å². The molecular weight excluding hydrogens is 415 g/mol. The van der Waals surface area contributed by atoms with Crippen LogP contribution in [-0.2, 0) is 19.1 Å². The van der Waals surface area contributed by atoms with Gasteiger partial charge in [0.1, 0.15) is 17.8 Å². The predicted molar refractivity (Wildman–Crippen MR) is 120 cm³/mol. The molecule has 1 heterocycles. The lowest BCUT2D eigenvalue weighted by atomic mass is 9.74. The highest BCUT2D eigenvalue weighted by Crippen LogP contribution is 2.36. The number of carbonyl (C=O) groups excluding carboxylic acids is 3. The van der Waals surface area contributed by atoms with Crippen LogP contribution in [0.15, 0.2) is 0 Å². The lowest BCUT2D eigenvalue weighted by molar-refractivity contribution is -0.150. The summed E-state index contributed by atoms with van der Waals surface area (Å²) in [5, 5.41) is 2.76. The van der Waals surface area contributed by atoms with Crippen LogP contribution in [0.25, 0.3) is 0 Å². The van der Waals surface area contributed by atoms with E-state index in [4.69, 9.17) is 9.47 Å². The van der Waals surface area contributed by atoms with E-state index in [0.29, 0.717) is 32.4 Å². The average Bonchev–Trinajstić information content (AvgIpc) is 3.16. The summed E-state index contributed by atoms with van der Waals surface area (Å²) in [6.07, 6.45) is 3.49. The second kappa shape index (κ2) is 11.8. The van der Waals surface area contributed by atoms with Gasteiger partial charge in [-0.05, 0) is 71.1 Å². The topological polar surface area (TPSA) is 84.9 Å². The van der Waals surface area contributed by atoms with E-state index in [1.807, 2.05) is 6.92 Å². The molecule has 0 aromatic heterocycles. The first kappa shape index (κ1) is 26.4. The highest BCUT2D eigenvalue weighted by Gasteiger charge is 2.40. The first-order valence-electron chi connectivity index (χ1n) is 12.1. The van der Waals surface area contributed by atoms with Crippen LogP contribution in [0.4, 0.5) is 9.18 Å². The van der Waals surface area contributed by atoms with Crippen LogP contribution >= 0.6 is 0 Å². The molecule has 0 aromatic rings. The summed E-state index contributed by atoms with van der Waals surface area (Å²) >= 11 is 0. The number of unbranched alkanes of at least 4 members (excludes halogenated alkanes) is 1. The second-order valence-corrected chi connectivity index (χ2v) is 10.3. The van der Waals surface area contributed by atoms with E-state index in [0.717, 1.165) is 25.7 Å². The first-order chi connectivity index (χ1) is 15.0. The van der Waals surface area contributed by atoms with Gasteiger partial charge in [0.15, 0.2) is 0 Å². The Morgan fingerprint density at radius 2 is 1.78 bits per heavy atom. The van der Waals surface area contributed by atoms with Crippen molar-refractivity contribution in [1.29, 1.82) is 0 Å². The summed E-state index contributed by atoms with van der Waals surface area (Å²) in [6, 6.07) is -0.784. The van der Waals surface area contributed by atoms with Crippen LogP contribution in [0.5, 0.6) is 0 Å². The molecule has 1 aliphatic carbocycles. The van der Waals surface area contributed by atoms with Gasteiger partial charge in [-0.15, -0.1) is 0 Å². The fourth-order valence-electron chi connectivity index (χ4n) is 4.55. The number of esters is 1. The molecule has 2 fully saturated rings. The molecule has 2 amide bonds. The molecule has 1 saturated carbocycles. The Kier molecular flexibility index (Phi) is 9.77. The number of rotatable bonds is 8. The number of alkyl halides is 1. The zero-order chi connectivity index (χ0) is 23.9. The molecule has 0 bridgehead atoms. The van der Waals surface area contributed by atoms with E-state index in [9.17, 15) is 18.8 Å². The molecule has 8 heteroatoms. The predicted octanol–water partition coefficient (Wildman–Crippen LogP) is 4.24. The Bertz CT molecular complexity index is 643. The maximum Gasteiger partial charge on any atom is 0.408 e. The number of ether oxygens (including phenoxy) is 2. The number of hydrogen-bond donors (Lipinski definition) is 1. The van der Waals surface area contributed by atoms with Gasteiger partial charge in [-0.25, -0.2) is 9.18 Å². The third-order valence-corrected chi connectivity index (χ3v) is 6.50. The van der Waals surface area contributed by atoms with Gasteiger partial charge in [0.05, 0.1) is 19.1 Å². The molecule has 2 aliphatic rings. The molecule has 0 radical (unpaired) electrons. The highest BCUT2D eigenvalue weighted by molar-refractivity contribution is 5.86. The van der Waals surface area contributed by atoms with E-state index in [1.165, 1.54) is 4.90 Å². The minimum Gasteiger partial charge on any atom is -0.465 e. The molecule has 0 aromatic carbocycles. The van der Waals surface area contributed by atoms with E-state index >= 15 is 0 Å². The van der Waals surface area contributed by atoms with Crippen molar-refractivity contribution in [2.75, 3.05) is 19.7 Å². The van der Waals surface area contributed by atoms with Crippen LogP contribution in [0.1, 0.15) is 79.6 Å². The fourth-order valence-corrected chi connectivity index (χ4v) is 4.55. The number of carbonyl (C=O) groups is 3. The van der Waals surface area contributed by atoms with E-state index in [2.05, 4.69) is 12.2 Å². The number of nitrogens with one attached hydrogen (secondary N) is 1. The summed E-state index contributed by atoms with van der Waals surface area (Å²) in [4.78, 5) is 39.5. The Hall–Kier alpha value is -1.86. The van der Waals surface area contributed by atoms with Crippen molar-refractivity contribution >= 4 is 18.0 Å². The number of nitrogens with zero attached hydrogens (tertiary/aromatic N) is 1. The Balaban J connectivity index is 2.01. The number of amides is 2. The molecule has 184 valence electrons. The largest absolute Gasteiger partial charge is 0.465 e. The van der Waals surface area contributed by atoms with Gasteiger partial charge in [0.25, 0.3) is 0 Å². The summed E-state index contributed by atoms with van der Waals surface area (Å²) in [5.41, 5.74) is -0.686. The molecule has 1 saturated heterocycles. The summed E-state index contributed by atoms with van der Waals surface area (Å²) in [6.45, 7) is 10.2. The number of alkyl carbamates (subject to hydrolysis) is 1. The van der Waals surface area contributed by atoms with Gasteiger partial charge in [-0.2, -0.15) is 0 Å². The van der Waals surface area contributed by atoms with E-state index in [1.54, 1.807) is 20.8 Å². The molecule has 3 unspecified atom stereocenters. The van der Waals surface area contributed by atoms with Crippen molar-refractivity contribution in [1.82, 2.24) is 10.2 Å². The molecular formula is C24H41FN2O5. The van der Waals surface area contributed by atoms with Gasteiger partial charge in [0, 0.05) is 6.54 Å². The van der Waals surface area contributed by atoms with Gasteiger partial charge in [-0.1, -0.05) is 20.3 Å². The lowest BCUT2D eigenvalue weighted by Gasteiger charge is -2.36. The van der Waals surface area contributed by atoms with Crippen molar-refractivity contribution in [3.63, 3.8) is 0 Å². The molecule has 2 rings (SSSR count). The molecule has 1 aliphatic heterocycles. The number of halogens is 1. The zero-order valence-corrected chi connectivity index (χ0v) is 20.3. The van der Waals surface area contributed by atoms with Crippen molar-refractivity contribution in [3.05, 3.63) is 0 Å². The first-order valence-corrected chi connectivity index (χ1v) is 12.1. The minimum atomic E-state index is -1.02. The maximum atomic E-state index is 13.7. The third-order valence-electron chi connectivity index (χ3n) is 6.50. The van der Waals surface area contributed by atoms with Gasteiger partial charge >= 0.3 is 12.1 Å². The average molecular weight is 457 g/mol. The third kappa shape index (κ3) is 7.93. The van der Waals surface area contributed by atoms with Crippen molar-refractivity contribution in [2.45, 2.75) is 97.4 Å². The van der Waals surface area contributed by atoms with Crippen LogP contribution in [0.2, 0.25) is 0 Å². The maximum absolute atomic E-state index is 13.7. The van der Waals surface area contributed by atoms with Crippen molar-refractivity contribution in [2.24, 2.45) is 17.8 Å². The minimum absolute atomic E-state index is 0.0639. The Morgan fingerprint density at radius 3 is 2.31 bits per heavy atom. The van der Waals surface area contributed by atoms with Crippen LogP contribution < -0.4 is 5.32 Å². The van der Waals surface area contributed by atoms with Gasteiger partial charge in [-0.3, -0.25) is 9.59 Å². The van der Waals surface area contributed by atoms with Crippen molar-refractivity contribution < 1.29 is 28.2 Å². The zero-order valence-electron chi connectivity index (χ0n) is 20.3. The summed E-state index contributed by atoms with van der Waals surface area (Å²) in [5.74, 6) is -0.484. The Labute approximate surface area is 191 Å². The molecule has 7 nitrogen and oxygen atoms in total. The molecule has 32 heavy (non-hydrogen) atoms. The summed E-state index contributed by atoms with van der Waals surface area (Å²) in [7, 11) is 0. The Morgan fingerprint density at radius 1 is 1.12 bits per heavy atom. The standard InChI is InChI=1S/C24H41FN2O5/c1-6-7-14-31-22(29)18-10-8-17(9-11-18)16(2)20(26-23(30)32-24(3,4)5)21(28)27-13-12-19(25)15-27/h16-20H,6-15H2,1-5H3,(H,26,30). The monoisotopic (exact) mass is 456 g/mol. The normalized spacial score (nSPS) is 25.7. The highest BCUT2D eigenvalue weighted by atomic mass is 19.1. The molecule has 0 spiro atoms. The number of hydrogen-bond acceptors (Lipinski definition) is 5. The van der Waals surface area contributed by atoms with Crippen LogP contribution in [0, 0.1) is 17.8 Å². The second-order valence-electron chi connectivity index (χ2n) is 10.3. The quantitative estimate of drug-likeness (QED) is 0.436. The van der Waals surface area contributed by atoms with E-state index < -0.39 is 23.9 Å². The van der Waals surface area contributed by atoms with Crippen LogP contribution in [-0.4, -0.2) is 60.4 Å². The molecule has 1 N–H and O–H groups in total. The fraction of sp³-hybridized carbons (Fsp3) is 0.875. The molecule has 3 atom stereocenters. The van der Waals surface area contributed by atoms with Crippen LogP contribution in [0.3, 0.4) is 0 Å². The SMILES string of the molecule is CCCCOC(=O)C1CCC(C(C)C(NC(=O)OC(C)(C)C)C(=O)N2CCC(F)C2)CC1. The van der Waals surface area contributed by atoms with Gasteiger partial charge < -0.3 is 19.7 Å². The lowest BCUT2D eigenvalue weighted by Crippen LogP contribution is -2.54. The van der Waals surface area contributed by atoms with Crippen molar-refractivity contribution in [3.8, 4) is 0 Å². The smallest absolute Gasteiger partial charge is 0.408 e. The van der Waals surface area contributed by atoms with Gasteiger partial charge in [0.2, 0.25) is 5.91 Å². The summed E-state index contributed by atoms with van der Waals surface area (Å²) < 4.78 is 24.5.